The molecule has 0 spiro atoms. The van der Waals surface area contributed by atoms with Crippen LogP contribution in [0.5, 0.6) is 0 Å². The van der Waals surface area contributed by atoms with E-state index in [9.17, 15) is 0 Å². The Hall–Kier alpha value is -5.94. The summed E-state index contributed by atoms with van der Waals surface area (Å²) in [6.07, 6.45) is 2.05. The van der Waals surface area contributed by atoms with E-state index in [2.05, 4.69) is 138 Å². The van der Waals surface area contributed by atoms with Gasteiger partial charge in [-0.1, -0.05) is 145 Å². The average molecular weight is 678 g/mol. The van der Waals surface area contributed by atoms with Crippen molar-refractivity contribution in [2.45, 2.75) is 13.0 Å². The second-order valence-electron chi connectivity index (χ2n) is 12.9. The highest BCUT2D eigenvalue weighted by Crippen LogP contribution is 2.41. The molecule has 7 aromatic carbocycles. The molecule has 0 saturated carbocycles. The van der Waals surface area contributed by atoms with Gasteiger partial charge in [-0.25, -0.2) is 0 Å². The van der Waals surface area contributed by atoms with Crippen LogP contribution >= 0.6 is 11.3 Å². The third-order valence-electron chi connectivity index (χ3n) is 9.60. The number of para-hydroxylation sites is 1. The number of likely N-dealkylation sites (N-methyl/N-ethyl adjacent to an activating group) is 1. The van der Waals surface area contributed by atoms with E-state index in [-0.39, 0.29) is 6.04 Å². The Balaban J connectivity index is 0.000000177. The molecule has 1 atom stereocenters. The molecule has 0 fully saturated rings. The molecule has 4 heteroatoms. The van der Waals surface area contributed by atoms with Crippen LogP contribution in [-0.2, 0) is 0 Å². The normalized spacial score (nSPS) is 12.3. The lowest BCUT2D eigenvalue weighted by atomic mass is 10.0. The minimum atomic E-state index is 0.131. The molecule has 0 bridgehead atoms. The van der Waals surface area contributed by atoms with Crippen molar-refractivity contribution in [3.63, 3.8) is 0 Å². The fraction of sp³-hybridized carbons (Fsp3) is 0.0638. The van der Waals surface area contributed by atoms with Crippen LogP contribution in [0.4, 0.5) is 0 Å². The molecule has 1 unspecified atom stereocenters. The van der Waals surface area contributed by atoms with Gasteiger partial charge in [-0.2, -0.15) is 0 Å². The van der Waals surface area contributed by atoms with E-state index in [0.29, 0.717) is 0 Å². The SMILES string of the molecule is CNC(/C=C(\N)c1ccccc1)c1ccccc1.Cc1ccc(-n2c3ccccc3c3ccc(-c4cccc5c4sc4ccccc45)cc32)cc1. The highest BCUT2D eigenvalue weighted by molar-refractivity contribution is 7.26. The Labute approximate surface area is 302 Å². The van der Waals surface area contributed by atoms with Crippen molar-refractivity contribution in [3.05, 3.63) is 193 Å². The van der Waals surface area contributed by atoms with Crippen molar-refractivity contribution < 1.29 is 0 Å². The summed E-state index contributed by atoms with van der Waals surface area (Å²) < 4.78 is 5.10. The molecular formula is C47H39N3S. The maximum absolute atomic E-state index is 6.13. The monoisotopic (exact) mass is 677 g/mol. The van der Waals surface area contributed by atoms with E-state index in [1.54, 1.807) is 0 Å². The summed E-state index contributed by atoms with van der Waals surface area (Å²) in [6.45, 7) is 2.14. The van der Waals surface area contributed by atoms with Gasteiger partial charge in [0.1, 0.15) is 0 Å². The molecule has 0 radical (unpaired) electrons. The number of aryl methyl sites for hydroxylation is 1. The number of fused-ring (bicyclic) bond motifs is 6. The summed E-state index contributed by atoms with van der Waals surface area (Å²) in [6, 6.07) is 60.3. The molecule has 2 aromatic heterocycles. The molecule has 0 aliphatic carbocycles. The van der Waals surface area contributed by atoms with Crippen molar-refractivity contribution in [2.24, 2.45) is 5.73 Å². The van der Waals surface area contributed by atoms with Crippen molar-refractivity contribution in [1.82, 2.24) is 9.88 Å². The molecule has 9 rings (SSSR count). The van der Waals surface area contributed by atoms with E-state index in [0.717, 1.165) is 11.3 Å². The maximum atomic E-state index is 6.13. The first-order valence-corrected chi connectivity index (χ1v) is 18.2. The lowest BCUT2D eigenvalue weighted by Crippen LogP contribution is -2.15. The second kappa shape index (κ2) is 14.1. The molecular weight excluding hydrogens is 639 g/mol. The highest BCUT2D eigenvalue weighted by Gasteiger charge is 2.15. The summed E-state index contributed by atoms with van der Waals surface area (Å²) in [5, 5.41) is 8.53. The fourth-order valence-electron chi connectivity index (χ4n) is 7.00. The number of rotatable bonds is 6. The predicted octanol–water partition coefficient (Wildman–Crippen LogP) is 12.1. The third kappa shape index (κ3) is 6.32. The van der Waals surface area contributed by atoms with Crippen LogP contribution in [0.25, 0.3) is 64.5 Å². The smallest absolute Gasteiger partial charge is 0.0547 e. The first-order valence-electron chi connectivity index (χ1n) is 17.3. The minimum Gasteiger partial charge on any atom is -0.398 e. The van der Waals surface area contributed by atoms with Crippen LogP contribution in [0.1, 0.15) is 22.7 Å². The van der Waals surface area contributed by atoms with Crippen LogP contribution < -0.4 is 11.1 Å². The summed E-state index contributed by atoms with van der Waals surface area (Å²) in [7, 11) is 1.94. The van der Waals surface area contributed by atoms with Crippen LogP contribution in [0.3, 0.4) is 0 Å². The molecule has 3 N–H and O–H groups in total. The van der Waals surface area contributed by atoms with Gasteiger partial charge >= 0.3 is 0 Å². The number of nitrogens with zero attached hydrogens (tertiary/aromatic N) is 1. The van der Waals surface area contributed by atoms with Gasteiger partial charge in [0.05, 0.1) is 17.1 Å². The van der Waals surface area contributed by atoms with Crippen LogP contribution in [-0.4, -0.2) is 11.6 Å². The standard InChI is InChI=1S/C31H21NS.C16H18N2/c1-20-13-16-22(17-14-20)32-28-11-4-2-7-24(28)25-18-15-21(19-29(25)32)23-9-6-10-27-26-8-3-5-12-30(26)33-31(23)27;1-18-16(14-10-6-3-7-11-14)12-15(17)13-8-4-2-5-9-13/h2-19H,1H3;2-12,16,18H,17H2,1H3/b;15-12-. The Morgan fingerprint density at radius 1 is 0.627 bits per heavy atom. The Bertz CT molecular complexity index is 2630. The zero-order valence-electron chi connectivity index (χ0n) is 28.8. The first kappa shape index (κ1) is 32.3. The van der Waals surface area contributed by atoms with Crippen molar-refractivity contribution in [2.75, 3.05) is 7.05 Å². The van der Waals surface area contributed by atoms with Crippen molar-refractivity contribution in [3.8, 4) is 16.8 Å². The number of benzene rings is 7. The molecule has 0 aliphatic rings. The summed E-state index contributed by atoms with van der Waals surface area (Å²) >= 11 is 1.89. The molecule has 2 heterocycles. The zero-order valence-corrected chi connectivity index (χ0v) is 29.6. The quantitative estimate of drug-likeness (QED) is 0.184. The Kier molecular flexibility index (Phi) is 8.94. The molecule has 9 aromatic rings. The number of hydrogen-bond acceptors (Lipinski definition) is 3. The minimum absolute atomic E-state index is 0.131. The van der Waals surface area contributed by atoms with Gasteiger partial charge in [-0.05, 0) is 72.6 Å². The van der Waals surface area contributed by atoms with Crippen molar-refractivity contribution >= 4 is 59.0 Å². The lowest BCUT2D eigenvalue weighted by Gasteiger charge is -2.13. The number of thiophene rings is 1. The van der Waals surface area contributed by atoms with E-state index < -0.39 is 0 Å². The first-order chi connectivity index (χ1) is 25.1. The van der Waals surface area contributed by atoms with E-state index >= 15 is 0 Å². The molecule has 0 saturated heterocycles. The lowest BCUT2D eigenvalue weighted by molar-refractivity contribution is 0.715. The Morgan fingerprint density at radius 3 is 2.04 bits per heavy atom. The number of nitrogens with one attached hydrogen (secondary N) is 1. The van der Waals surface area contributed by atoms with E-state index in [1.807, 2.05) is 73.0 Å². The molecule has 3 nitrogen and oxygen atoms in total. The topological polar surface area (TPSA) is 43.0 Å². The zero-order chi connectivity index (χ0) is 34.7. The highest BCUT2D eigenvalue weighted by atomic mass is 32.1. The van der Waals surface area contributed by atoms with Crippen LogP contribution in [0.15, 0.2) is 176 Å². The number of aromatic nitrogens is 1. The summed E-state index contributed by atoms with van der Waals surface area (Å²) in [4.78, 5) is 0. The van der Waals surface area contributed by atoms with E-state index in [1.165, 1.54) is 69.9 Å². The average Bonchev–Trinajstić information content (AvgIpc) is 3.74. The Morgan fingerprint density at radius 2 is 1.27 bits per heavy atom. The summed E-state index contributed by atoms with van der Waals surface area (Å²) in [5.41, 5.74) is 16.7. The summed E-state index contributed by atoms with van der Waals surface area (Å²) in [5.74, 6) is 0. The van der Waals surface area contributed by atoms with Crippen LogP contribution in [0.2, 0.25) is 0 Å². The van der Waals surface area contributed by atoms with Gasteiger partial charge in [-0.15, -0.1) is 11.3 Å². The molecule has 0 amide bonds. The molecule has 0 aliphatic heterocycles. The molecule has 51 heavy (non-hydrogen) atoms. The van der Waals surface area contributed by atoms with Gasteiger partial charge < -0.3 is 15.6 Å². The van der Waals surface area contributed by atoms with Gasteiger partial charge in [0.2, 0.25) is 0 Å². The second-order valence-corrected chi connectivity index (χ2v) is 13.9. The predicted molar refractivity (Wildman–Crippen MR) is 221 cm³/mol. The third-order valence-corrected chi connectivity index (χ3v) is 10.8. The van der Waals surface area contributed by atoms with Gasteiger partial charge in [0.15, 0.2) is 0 Å². The number of hydrogen-bond donors (Lipinski definition) is 2. The van der Waals surface area contributed by atoms with E-state index in [4.69, 9.17) is 5.73 Å². The molecule has 248 valence electrons. The maximum Gasteiger partial charge on any atom is 0.0547 e. The van der Waals surface area contributed by atoms with Crippen molar-refractivity contribution in [1.29, 1.82) is 0 Å². The van der Waals surface area contributed by atoms with Crippen LogP contribution in [0, 0.1) is 6.92 Å². The fourth-order valence-corrected chi connectivity index (χ4v) is 8.24. The largest absolute Gasteiger partial charge is 0.398 e. The van der Waals surface area contributed by atoms with Gasteiger partial charge in [0.25, 0.3) is 0 Å². The van der Waals surface area contributed by atoms with Gasteiger partial charge in [0, 0.05) is 42.3 Å². The van der Waals surface area contributed by atoms with Gasteiger partial charge in [-0.3, -0.25) is 0 Å². The number of nitrogens with two attached hydrogens (primary N) is 1.